The van der Waals surface area contributed by atoms with E-state index in [1.54, 1.807) is 0 Å². The zero-order valence-electron chi connectivity index (χ0n) is 6.12. The van der Waals surface area contributed by atoms with Crippen molar-refractivity contribution in [1.29, 1.82) is 0 Å². The molecule has 1 aliphatic carbocycles. The van der Waals surface area contributed by atoms with Crippen molar-refractivity contribution in [2.24, 2.45) is 17.6 Å². The zero-order valence-corrected chi connectivity index (χ0v) is 6.12. The van der Waals surface area contributed by atoms with Gasteiger partial charge in [-0.3, -0.25) is 9.59 Å². The van der Waals surface area contributed by atoms with Gasteiger partial charge in [0.05, 0.1) is 5.92 Å². The van der Waals surface area contributed by atoms with Gasteiger partial charge < -0.3 is 10.8 Å². The van der Waals surface area contributed by atoms with Gasteiger partial charge in [-0.2, -0.15) is 0 Å². The summed E-state index contributed by atoms with van der Waals surface area (Å²) in [6.45, 7) is 0. The summed E-state index contributed by atoms with van der Waals surface area (Å²) in [4.78, 5) is 21.0. The van der Waals surface area contributed by atoms with Crippen LogP contribution in [0.4, 0.5) is 0 Å². The van der Waals surface area contributed by atoms with Gasteiger partial charge in [0.25, 0.3) is 0 Å². The Hall–Kier alpha value is -1.06. The third kappa shape index (κ3) is 1.69. The first kappa shape index (κ1) is 8.04. The molecule has 0 aromatic heterocycles. The summed E-state index contributed by atoms with van der Waals surface area (Å²) in [6, 6.07) is 0. The van der Waals surface area contributed by atoms with Crippen molar-refractivity contribution in [3.8, 4) is 0 Å². The van der Waals surface area contributed by atoms with E-state index in [4.69, 9.17) is 10.8 Å². The molecule has 0 saturated heterocycles. The van der Waals surface area contributed by atoms with Gasteiger partial charge in [0.1, 0.15) is 0 Å². The van der Waals surface area contributed by atoms with Gasteiger partial charge in [-0.05, 0) is 19.3 Å². The second-order valence-corrected chi connectivity index (χ2v) is 2.95. The number of amides is 1. The number of rotatable bonds is 2. The quantitative estimate of drug-likeness (QED) is 0.590. The highest BCUT2D eigenvalue weighted by molar-refractivity contribution is 5.79. The zero-order chi connectivity index (χ0) is 8.43. The lowest BCUT2D eigenvalue weighted by Crippen LogP contribution is -2.21. The minimum atomic E-state index is -0.811. The first-order valence-corrected chi connectivity index (χ1v) is 3.63. The van der Waals surface area contributed by atoms with Crippen LogP contribution in [0.15, 0.2) is 0 Å². The molecule has 2 unspecified atom stereocenters. The smallest absolute Gasteiger partial charge is 0.306 e. The molecule has 1 saturated carbocycles. The first-order chi connectivity index (χ1) is 5.11. The van der Waals surface area contributed by atoms with E-state index < -0.39 is 5.97 Å². The summed E-state index contributed by atoms with van der Waals surface area (Å²) in [5.41, 5.74) is 5.03. The lowest BCUT2D eigenvalue weighted by atomic mass is 10.1. The maximum Gasteiger partial charge on any atom is 0.306 e. The van der Waals surface area contributed by atoms with Gasteiger partial charge in [0.15, 0.2) is 0 Å². The summed E-state index contributed by atoms with van der Waals surface area (Å²) < 4.78 is 0. The minimum absolute atomic E-state index is 0.212. The van der Waals surface area contributed by atoms with Crippen LogP contribution in [-0.4, -0.2) is 17.0 Å². The molecule has 1 aliphatic rings. The number of nitrogens with two attached hydrogens (primary N) is 1. The molecule has 1 amide bonds. The van der Waals surface area contributed by atoms with Gasteiger partial charge in [-0.1, -0.05) is 0 Å². The molecule has 1 rings (SSSR count). The second-order valence-electron chi connectivity index (χ2n) is 2.95. The average Bonchev–Trinajstić information content (AvgIpc) is 2.33. The third-order valence-electron chi connectivity index (χ3n) is 2.18. The fourth-order valence-electron chi connectivity index (χ4n) is 1.46. The van der Waals surface area contributed by atoms with Gasteiger partial charge in [0, 0.05) is 5.92 Å². The highest BCUT2D eigenvalue weighted by Crippen LogP contribution is 2.30. The molecule has 0 heterocycles. The summed E-state index contributed by atoms with van der Waals surface area (Å²) in [5, 5.41) is 8.56. The molecule has 62 valence electrons. The fourth-order valence-corrected chi connectivity index (χ4v) is 1.46. The maximum absolute atomic E-state index is 10.6. The summed E-state index contributed by atoms with van der Waals surface area (Å²) in [7, 11) is 0. The van der Waals surface area contributed by atoms with Gasteiger partial charge in [-0.15, -0.1) is 0 Å². The van der Waals surface area contributed by atoms with Crippen molar-refractivity contribution in [1.82, 2.24) is 0 Å². The number of aliphatic carboxylic acids is 1. The van der Waals surface area contributed by atoms with Gasteiger partial charge >= 0.3 is 5.97 Å². The predicted octanol–water partition coefficient (Wildman–Crippen LogP) is -0.0274. The largest absolute Gasteiger partial charge is 0.481 e. The Morgan fingerprint density at radius 2 is 1.82 bits per heavy atom. The molecule has 0 aromatic rings. The van der Waals surface area contributed by atoms with Crippen molar-refractivity contribution in [3.63, 3.8) is 0 Å². The maximum atomic E-state index is 10.6. The topological polar surface area (TPSA) is 80.4 Å². The van der Waals surface area contributed by atoms with E-state index in [1.807, 2.05) is 0 Å². The van der Waals surface area contributed by atoms with Crippen molar-refractivity contribution in [3.05, 3.63) is 0 Å². The summed E-state index contributed by atoms with van der Waals surface area (Å²) in [5.74, 6) is -1.74. The number of carbonyl (C=O) groups is 2. The SMILES string of the molecule is NC(=O)C1CCC(C(=O)O)C1. The highest BCUT2D eigenvalue weighted by atomic mass is 16.4. The van der Waals surface area contributed by atoms with Crippen LogP contribution in [0.25, 0.3) is 0 Å². The highest BCUT2D eigenvalue weighted by Gasteiger charge is 2.32. The molecule has 0 bridgehead atoms. The van der Waals surface area contributed by atoms with Crippen LogP contribution in [0.3, 0.4) is 0 Å². The molecule has 0 aliphatic heterocycles. The molecule has 3 N–H and O–H groups in total. The van der Waals surface area contributed by atoms with E-state index in [1.165, 1.54) is 0 Å². The van der Waals surface area contributed by atoms with E-state index >= 15 is 0 Å². The van der Waals surface area contributed by atoms with E-state index in [-0.39, 0.29) is 17.7 Å². The lowest BCUT2D eigenvalue weighted by Gasteiger charge is -2.02. The van der Waals surface area contributed by atoms with E-state index in [0.717, 1.165) is 0 Å². The average molecular weight is 157 g/mol. The molecule has 0 spiro atoms. The van der Waals surface area contributed by atoms with Crippen LogP contribution in [0.5, 0.6) is 0 Å². The normalized spacial score (nSPS) is 30.2. The molecule has 4 nitrogen and oxygen atoms in total. The predicted molar refractivity (Wildman–Crippen MR) is 37.7 cm³/mol. The summed E-state index contributed by atoms with van der Waals surface area (Å²) in [6.07, 6.45) is 1.64. The standard InChI is InChI=1S/C7H11NO3/c8-6(9)4-1-2-5(3-4)7(10)11/h4-5H,1-3H2,(H2,8,9)(H,10,11). The van der Waals surface area contributed by atoms with Crippen LogP contribution in [0.1, 0.15) is 19.3 Å². The van der Waals surface area contributed by atoms with Crippen molar-refractivity contribution >= 4 is 11.9 Å². The molecular weight excluding hydrogens is 146 g/mol. The van der Waals surface area contributed by atoms with E-state index in [2.05, 4.69) is 0 Å². The Kier molecular flexibility index (Phi) is 2.12. The van der Waals surface area contributed by atoms with Crippen molar-refractivity contribution < 1.29 is 14.7 Å². The molecular formula is C7H11NO3. The van der Waals surface area contributed by atoms with Crippen LogP contribution in [-0.2, 0) is 9.59 Å². The summed E-state index contributed by atoms with van der Waals surface area (Å²) >= 11 is 0. The fraction of sp³-hybridized carbons (Fsp3) is 0.714. The molecule has 0 radical (unpaired) electrons. The van der Waals surface area contributed by atoms with Crippen LogP contribution >= 0.6 is 0 Å². The Labute approximate surface area is 64.4 Å². The first-order valence-electron chi connectivity index (χ1n) is 3.63. The van der Waals surface area contributed by atoms with E-state index in [0.29, 0.717) is 19.3 Å². The Morgan fingerprint density at radius 3 is 2.09 bits per heavy atom. The molecule has 0 aromatic carbocycles. The minimum Gasteiger partial charge on any atom is -0.481 e. The van der Waals surface area contributed by atoms with Crippen LogP contribution in [0, 0.1) is 11.8 Å². The molecule has 2 atom stereocenters. The second kappa shape index (κ2) is 2.90. The Balaban J connectivity index is 2.47. The monoisotopic (exact) mass is 157 g/mol. The van der Waals surface area contributed by atoms with Crippen molar-refractivity contribution in [2.75, 3.05) is 0 Å². The van der Waals surface area contributed by atoms with Crippen LogP contribution < -0.4 is 5.73 Å². The lowest BCUT2D eigenvalue weighted by molar-refractivity contribution is -0.141. The van der Waals surface area contributed by atoms with E-state index in [9.17, 15) is 9.59 Å². The number of hydrogen-bond donors (Lipinski definition) is 2. The molecule has 4 heteroatoms. The van der Waals surface area contributed by atoms with Gasteiger partial charge in [-0.25, -0.2) is 0 Å². The Bertz CT molecular complexity index is 170. The number of carboxylic acids is 1. The molecule has 11 heavy (non-hydrogen) atoms. The number of carboxylic acid groups (broad SMARTS) is 1. The van der Waals surface area contributed by atoms with Crippen molar-refractivity contribution in [2.45, 2.75) is 19.3 Å². The molecule has 1 fully saturated rings. The number of primary amides is 1. The van der Waals surface area contributed by atoms with Gasteiger partial charge in [0.2, 0.25) is 5.91 Å². The number of carbonyl (C=O) groups excluding carboxylic acids is 1. The number of hydrogen-bond acceptors (Lipinski definition) is 2. The van der Waals surface area contributed by atoms with Crippen LogP contribution in [0.2, 0.25) is 0 Å². The third-order valence-corrected chi connectivity index (χ3v) is 2.18. The Morgan fingerprint density at radius 1 is 1.27 bits per heavy atom.